The van der Waals surface area contributed by atoms with Gasteiger partial charge in [-0.2, -0.15) is 5.26 Å². The zero-order valence-corrected chi connectivity index (χ0v) is 8.89. The molecule has 0 aliphatic carbocycles. The zero-order valence-electron chi connectivity index (χ0n) is 8.89. The third-order valence-corrected chi connectivity index (χ3v) is 2.76. The van der Waals surface area contributed by atoms with Gasteiger partial charge in [-0.15, -0.1) is 0 Å². The molecule has 0 aromatic carbocycles. The van der Waals surface area contributed by atoms with Crippen LogP contribution in [-0.4, -0.2) is 18.3 Å². The second-order valence-electron chi connectivity index (χ2n) is 3.89. The number of nitriles is 1. The normalized spacial score (nSPS) is 32.6. The van der Waals surface area contributed by atoms with Gasteiger partial charge in [0.1, 0.15) is 0 Å². The molecular weight excluding hydrogens is 176 g/mol. The summed E-state index contributed by atoms with van der Waals surface area (Å²) >= 11 is 0. The zero-order chi connectivity index (χ0) is 10.8. The van der Waals surface area contributed by atoms with Crippen molar-refractivity contribution in [3.8, 4) is 6.07 Å². The molecule has 76 valence electrons. The van der Waals surface area contributed by atoms with E-state index in [0.29, 0.717) is 12.1 Å². The average Bonchev–Trinajstić information content (AvgIpc) is 2.55. The summed E-state index contributed by atoms with van der Waals surface area (Å²) in [6, 6.07) is 2.13. The maximum absolute atomic E-state index is 9.31. The SMILES string of the molecule is C/C=C1\C(=C(/C)C#N)NC[C@]1(C)CO. The first-order valence-electron chi connectivity index (χ1n) is 4.72. The number of hydrogen-bond donors (Lipinski definition) is 2. The van der Waals surface area contributed by atoms with Gasteiger partial charge >= 0.3 is 0 Å². The Morgan fingerprint density at radius 1 is 1.79 bits per heavy atom. The summed E-state index contributed by atoms with van der Waals surface area (Å²) in [4.78, 5) is 0. The van der Waals surface area contributed by atoms with Crippen LogP contribution in [0.4, 0.5) is 0 Å². The van der Waals surface area contributed by atoms with E-state index in [1.807, 2.05) is 19.9 Å². The van der Waals surface area contributed by atoms with Crippen molar-refractivity contribution in [2.24, 2.45) is 5.41 Å². The highest BCUT2D eigenvalue weighted by Gasteiger charge is 2.36. The lowest BCUT2D eigenvalue weighted by Crippen LogP contribution is -2.25. The van der Waals surface area contributed by atoms with Gasteiger partial charge in [0, 0.05) is 17.5 Å². The van der Waals surface area contributed by atoms with Crippen LogP contribution in [0.15, 0.2) is 22.9 Å². The molecule has 3 nitrogen and oxygen atoms in total. The summed E-state index contributed by atoms with van der Waals surface area (Å²) in [6.07, 6.45) is 1.96. The highest BCUT2D eigenvalue weighted by molar-refractivity contribution is 5.46. The van der Waals surface area contributed by atoms with Crippen molar-refractivity contribution in [3.05, 3.63) is 22.9 Å². The lowest BCUT2D eigenvalue weighted by Gasteiger charge is -2.20. The van der Waals surface area contributed by atoms with Gasteiger partial charge in [-0.1, -0.05) is 13.0 Å². The monoisotopic (exact) mass is 192 g/mol. The smallest absolute Gasteiger partial charge is 0.0965 e. The molecule has 1 rings (SSSR count). The Hall–Kier alpha value is -1.27. The van der Waals surface area contributed by atoms with Crippen LogP contribution in [0, 0.1) is 16.7 Å². The molecule has 0 spiro atoms. The summed E-state index contributed by atoms with van der Waals surface area (Å²) in [7, 11) is 0. The molecule has 0 amide bonds. The molecule has 1 aliphatic heterocycles. The van der Waals surface area contributed by atoms with Gasteiger partial charge in [0.25, 0.3) is 0 Å². The van der Waals surface area contributed by atoms with Crippen molar-refractivity contribution in [3.63, 3.8) is 0 Å². The van der Waals surface area contributed by atoms with E-state index in [4.69, 9.17) is 5.26 Å². The average molecular weight is 192 g/mol. The predicted octanol–water partition coefficient (Wildman–Crippen LogP) is 1.33. The van der Waals surface area contributed by atoms with Gasteiger partial charge in [-0.25, -0.2) is 0 Å². The first-order valence-corrected chi connectivity index (χ1v) is 4.72. The van der Waals surface area contributed by atoms with E-state index >= 15 is 0 Å². The van der Waals surface area contributed by atoms with Crippen molar-refractivity contribution >= 4 is 0 Å². The number of allylic oxidation sites excluding steroid dienone is 3. The van der Waals surface area contributed by atoms with Gasteiger partial charge in [-0.3, -0.25) is 0 Å². The van der Waals surface area contributed by atoms with Gasteiger partial charge in [0.2, 0.25) is 0 Å². The molecular formula is C11H16N2O. The molecule has 1 atom stereocenters. The van der Waals surface area contributed by atoms with E-state index < -0.39 is 0 Å². The molecule has 0 saturated carbocycles. The third-order valence-electron chi connectivity index (χ3n) is 2.76. The molecule has 0 aromatic rings. The van der Waals surface area contributed by atoms with Crippen LogP contribution >= 0.6 is 0 Å². The van der Waals surface area contributed by atoms with E-state index in [2.05, 4.69) is 11.4 Å². The first kappa shape index (κ1) is 10.8. The third kappa shape index (κ3) is 1.53. The largest absolute Gasteiger partial charge is 0.395 e. The summed E-state index contributed by atoms with van der Waals surface area (Å²) in [5, 5.41) is 21.3. The highest BCUT2D eigenvalue weighted by Crippen LogP contribution is 2.37. The fraction of sp³-hybridized carbons (Fsp3) is 0.545. The Balaban J connectivity index is 3.17. The summed E-state index contributed by atoms with van der Waals surface area (Å²) in [5.74, 6) is 0. The fourth-order valence-electron chi connectivity index (χ4n) is 1.80. The Kier molecular flexibility index (Phi) is 2.97. The van der Waals surface area contributed by atoms with Crippen molar-refractivity contribution in [2.75, 3.05) is 13.2 Å². The van der Waals surface area contributed by atoms with Crippen molar-refractivity contribution in [2.45, 2.75) is 20.8 Å². The van der Waals surface area contributed by atoms with Crippen LogP contribution in [0.3, 0.4) is 0 Å². The number of aliphatic hydroxyl groups excluding tert-OH is 1. The van der Waals surface area contributed by atoms with Crippen LogP contribution in [-0.2, 0) is 0 Å². The maximum atomic E-state index is 9.31. The number of rotatable bonds is 1. The Morgan fingerprint density at radius 2 is 2.43 bits per heavy atom. The molecule has 1 fully saturated rings. The van der Waals surface area contributed by atoms with E-state index in [0.717, 1.165) is 11.3 Å². The minimum atomic E-state index is -0.248. The number of aliphatic hydroxyl groups is 1. The lowest BCUT2D eigenvalue weighted by molar-refractivity contribution is 0.189. The Bertz CT molecular complexity index is 336. The standard InChI is InChI=1S/C11H16N2O/c1-4-9-10(8(2)5-12)13-6-11(9,3)7-14/h4,13-14H,6-7H2,1-3H3/b9-4+,10-8-/t11-/m1/s1. The minimum Gasteiger partial charge on any atom is -0.395 e. The summed E-state index contributed by atoms with van der Waals surface area (Å²) in [5.41, 5.74) is 2.35. The molecule has 0 aromatic heterocycles. The van der Waals surface area contributed by atoms with Crippen LogP contribution in [0.2, 0.25) is 0 Å². The molecule has 14 heavy (non-hydrogen) atoms. The van der Waals surface area contributed by atoms with Crippen LogP contribution < -0.4 is 5.32 Å². The molecule has 0 bridgehead atoms. The first-order chi connectivity index (χ1) is 6.59. The molecule has 3 heteroatoms. The maximum Gasteiger partial charge on any atom is 0.0965 e. The summed E-state index contributed by atoms with van der Waals surface area (Å²) in [6.45, 7) is 6.50. The number of nitrogens with zero attached hydrogens (tertiary/aromatic N) is 1. The van der Waals surface area contributed by atoms with Crippen molar-refractivity contribution in [1.29, 1.82) is 5.26 Å². The topological polar surface area (TPSA) is 56.0 Å². The fourth-order valence-corrected chi connectivity index (χ4v) is 1.80. The van der Waals surface area contributed by atoms with Gasteiger partial charge in [-0.05, 0) is 19.4 Å². The predicted molar refractivity (Wildman–Crippen MR) is 55.3 cm³/mol. The minimum absolute atomic E-state index is 0.0991. The second-order valence-corrected chi connectivity index (χ2v) is 3.89. The Morgan fingerprint density at radius 3 is 2.86 bits per heavy atom. The highest BCUT2D eigenvalue weighted by atomic mass is 16.3. The molecule has 2 N–H and O–H groups in total. The van der Waals surface area contributed by atoms with E-state index in [-0.39, 0.29) is 12.0 Å². The van der Waals surface area contributed by atoms with Crippen LogP contribution in [0.1, 0.15) is 20.8 Å². The van der Waals surface area contributed by atoms with Gasteiger partial charge in [0.15, 0.2) is 0 Å². The molecule has 0 unspecified atom stereocenters. The summed E-state index contributed by atoms with van der Waals surface area (Å²) < 4.78 is 0. The van der Waals surface area contributed by atoms with Crippen LogP contribution in [0.25, 0.3) is 0 Å². The van der Waals surface area contributed by atoms with Crippen LogP contribution in [0.5, 0.6) is 0 Å². The van der Waals surface area contributed by atoms with Crippen molar-refractivity contribution in [1.82, 2.24) is 5.32 Å². The van der Waals surface area contributed by atoms with E-state index in [1.54, 1.807) is 6.92 Å². The van der Waals surface area contributed by atoms with E-state index in [9.17, 15) is 5.11 Å². The molecule has 1 aliphatic rings. The molecule has 0 radical (unpaired) electrons. The number of hydrogen-bond acceptors (Lipinski definition) is 3. The quantitative estimate of drug-likeness (QED) is 0.616. The lowest BCUT2D eigenvalue weighted by atomic mass is 9.84. The molecule has 1 saturated heterocycles. The second kappa shape index (κ2) is 3.85. The Labute approximate surface area is 84.7 Å². The van der Waals surface area contributed by atoms with Gasteiger partial charge in [0.05, 0.1) is 18.4 Å². The molecule has 1 heterocycles. The van der Waals surface area contributed by atoms with Gasteiger partial charge < -0.3 is 10.4 Å². The van der Waals surface area contributed by atoms with Crippen molar-refractivity contribution < 1.29 is 5.11 Å². The number of nitrogens with one attached hydrogen (secondary N) is 1. The van der Waals surface area contributed by atoms with E-state index in [1.165, 1.54) is 0 Å².